The van der Waals surface area contributed by atoms with E-state index in [9.17, 15) is 14.7 Å². The Morgan fingerprint density at radius 3 is 2.75 bits per heavy atom. The van der Waals surface area contributed by atoms with E-state index in [1.165, 1.54) is 13.2 Å². The minimum absolute atomic E-state index is 0.0788. The number of para-hydroxylation sites is 1. The van der Waals surface area contributed by atoms with Crippen LogP contribution in [0.15, 0.2) is 18.2 Å². The maximum Gasteiger partial charge on any atom is 0.325 e. The van der Waals surface area contributed by atoms with Crippen LogP contribution < -0.4 is 5.32 Å². The highest BCUT2D eigenvalue weighted by Gasteiger charge is 2.13. The number of aromatic hydroxyl groups is 1. The summed E-state index contributed by atoms with van der Waals surface area (Å²) in [5.74, 6) is -1.13. The largest absolute Gasteiger partial charge is 0.507 e. The van der Waals surface area contributed by atoms with Gasteiger partial charge in [-0.1, -0.05) is 12.1 Å². The van der Waals surface area contributed by atoms with Crippen molar-refractivity contribution < 1.29 is 19.4 Å². The molecule has 0 spiro atoms. The number of hydrogen-bond donors (Lipinski definition) is 2. The number of aryl methyl sites for hydroxylation is 1. The van der Waals surface area contributed by atoms with E-state index >= 15 is 0 Å². The number of amides is 1. The molecule has 0 aromatic heterocycles. The molecule has 0 unspecified atom stereocenters. The van der Waals surface area contributed by atoms with Crippen LogP contribution in [0, 0.1) is 6.92 Å². The van der Waals surface area contributed by atoms with Gasteiger partial charge in [0.05, 0.1) is 12.7 Å². The zero-order chi connectivity index (χ0) is 12.1. The Morgan fingerprint density at radius 2 is 2.12 bits per heavy atom. The number of nitrogens with one attached hydrogen (secondary N) is 1. The number of esters is 1. The molecule has 0 aliphatic carbocycles. The van der Waals surface area contributed by atoms with E-state index in [0.29, 0.717) is 5.56 Å². The van der Waals surface area contributed by atoms with Gasteiger partial charge in [0.25, 0.3) is 5.91 Å². The van der Waals surface area contributed by atoms with Gasteiger partial charge in [-0.3, -0.25) is 9.59 Å². The number of methoxy groups -OCH3 is 1. The monoisotopic (exact) mass is 223 g/mol. The van der Waals surface area contributed by atoms with Crippen molar-refractivity contribution in [3.63, 3.8) is 0 Å². The van der Waals surface area contributed by atoms with Crippen LogP contribution in [-0.2, 0) is 9.53 Å². The average molecular weight is 223 g/mol. The molecule has 0 aliphatic rings. The number of phenols is 1. The Labute approximate surface area is 93.0 Å². The lowest BCUT2D eigenvalue weighted by atomic mass is 10.1. The van der Waals surface area contributed by atoms with Gasteiger partial charge in [-0.05, 0) is 18.6 Å². The summed E-state index contributed by atoms with van der Waals surface area (Å²) in [6.07, 6.45) is 0. The van der Waals surface area contributed by atoms with Crippen LogP contribution in [-0.4, -0.2) is 30.6 Å². The predicted molar refractivity (Wildman–Crippen MR) is 57.2 cm³/mol. The second-order valence-electron chi connectivity index (χ2n) is 3.23. The lowest BCUT2D eigenvalue weighted by Crippen LogP contribution is -2.30. The highest BCUT2D eigenvalue weighted by Crippen LogP contribution is 2.20. The van der Waals surface area contributed by atoms with Gasteiger partial charge in [0, 0.05) is 0 Å². The maximum atomic E-state index is 11.6. The van der Waals surface area contributed by atoms with Crippen molar-refractivity contribution in [2.75, 3.05) is 13.7 Å². The third-order valence-corrected chi connectivity index (χ3v) is 2.10. The third kappa shape index (κ3) is 2.73. The van der Waals surface area contributed by atoms with E-state index in [4.69, 9.17) is 0 Å². The third-order valence-electron chi connectivity index (χ3n) is 2.10. The summed E-state index contributed by atoms with van der Waals surface area (Å²) in [5.41, 5.74) is 0.745. The van der Waals surface area contributed by atoms with Gasteiger partial charge < -0.3 is 15.2 Å². The molecule has 1 amide bonds. The van der Waals surface area contributed by atoms with Crippen LogP contribution in [0.1, 0.15) is 15.9 Å². The molecule has 0 fully saturated rings. The van der Waals surface area contributed by atoms with Gasteiger partial charge in [-0.15, -0.1) is 0 Å². The normalized spacial score (nSPS) is 9.62. The van der Waals surface area contributed by atoms with E-state index in [2.05, 4.69) is 10.1 Å². The molecule has 0 bridgehead atoms. The zero-order valence-electron chi connectivity index (χ0n) is 9.11. The Hall–Kier alpha value is -2.04. The first-order valence-corrected chi connectivity index (χ1v) is 4.70. The maximum absolute atomic E-state index is 11.6. The smallest absolute Gasteiger partial charge is 0.325 e. The van der Waals surface area contributed by atoms with Crippen LogP contribution >= 0.6 is 0 Å². The Bertz CT molecular complexity index is 414. The van der Waals surface area contributed by atoms with Crippen LogP contribution in [0.25, 0.3) is 0 Å². The molecule has 1 rings (SSSR count). The first-order chi connectivity index (χ1) is 7.56. The predicted octanol–water partition coefficient (Wildman–Crippen LogP) is 0.603. The molecule has 86 valence electrons. The quantitative estimate of drug-likeness (QED) is 0.736. The minimum Gasteiger partial charge on any atom is -0.507 e. The van der Waals surface area contributed by atoms with Crippen molar-refractivity contribution >= 4 is 11.9 Å². The molecule has 1 aromatic rings. The first kappa shape index (κ1) is 12.0. The van der Waals surface area contributed by atoms with E-state index in [1.54, 1.807) is 19.1 Å². The van der Waals surface area contributed by atoms with Gasteiger partial charge in [0.1, 0.15) is 12.3 Å². The molecule has 0 heterocycles. The van der Waals surface area contributed by atoms with Crippen LogP contribution in [0.2, 0.25) is 0 Å². The first-order valence-electron chi connectivity index (χ1n) is 4.70. The molecule has 0 saturated heterocycles. The summed E-state index contributed by atoms with van der Waals surface area (Å²) in [7, 11) is 1.23. The van der Waals surface area contributed by atoms with Crippen LogP contribution in [0.4, 0.5) is 0 Å². The number of ether oxygens (including phenoxy) is 1. The van der Waals surface area contributed by atoms with Gasteiger partial charge in [0.15, 0.2) is 0 Å². The standard InChI is InChI=1S/C11H13NO4/c1-7-4-3-5-8(10(7)14)11(15)12-6-9(13)16-2/h3-5,14H,6H2,1-2H3,(H,12,15). The molecular weight excluding hydrogens is 210 g/mol. The summed E-state index contributed by atoms with van der Waals surface area (Å²) >= 11 is 0. The molecule has 1 aromatic carbocycles. The van der Waals surface area contributed by atoms with Crippen molar-refractivity contribution in [3.8, 4) is 5.75 Å². The number of carbonyl (C=O) groups excluding carboxylic acids is 2. The molecule has 2 N–H and O–H groups in total. The van der Waals surface area contributed by atoms with Gasteiger partial charge in [-0.25, -0.2) is 0 Å². The fraction of sp³-hybridized carbons (Fsp3) is 0.273. The van der Waals surface area contributed by atoms with E-state index in [0.717, 1.165) is 0 Å². The fourth-order valence-electron chi connectivity index (χ4n) is 1.16. The van der Waals surface area contributed by atoms with Crippen molar-refractivity contribution in [2.24, 2.45) is 0 Å². The molecule has 5 heteroatoms. The molecule has 0 radical (unpaired) electrons. The average Bonchev–Trinajstić information content (AvgIpc) is 2.29. The van der Waals surface area contributed by atoms with E-state index in [-0.39, 0.29) is 17.9 Å². The second-order valence-corrected chi connectivity index (χ2v) is 3.23. The SMILES string of the molecule is COC(=O)CNC(=O)c1cccc(C)c1O. The number of hydrogen-bond acceptors (Lipinski definition) is 4. The van der Waals surface area contributed by atoms with E-state index < -0.39 is 11.9 Å². The Morgan fingerprint density at radius 1 is 1.44 bits per heavy atom. The molecular formula is C11H13NO4. The van der Waals surface area contributed by atoms with Gasteiger partial charge in [-0.2, -0.15) is 0 Å². The number of rotatable bonds is 3. The Kier molecular flexibility index (Phi) is 3.88. The summed E-state index contributed by atoms with van der Waals surface area (Å²) in [5, 5.41) is 12.0. The van der Waals surface area contributed by atoms with Crippen LogP contribution in [0.5, 0.6) is 5.75 Å². The Balaban J connectivity index is 2.74. The molecule has 0 saturated carbocycles. The van der Waals surface area contributed by atoms with Gasteiger partial charge in [0.2, 0.25) is 0 Å². The van der Waals surface area contributed by atoms with Gasteiger partial charge >= 0.3 is 5.97 Å². The highest BCUT2D eigenvalue weighted by atomic mass is 16.5. The molecule has 0 atom stereocenters. The number of benzene rings is 1. The number of carbonyl (C=O) groups is 2. The minimum atomic E-state index is -0.541. The van der Waals surface area contributed by atoms with Crippen molar-refractivity contribution in [1.29, 1.82) is 0 Å². The van der Waals surface area contributed by atoms with Crippen molar-refractivity contribution in [3.05, 3.63) is 29.3 Å². The number of phenolic OH excluding ortho intramolecular Hbond substituents is 1. The summed E-state index contributed by atoms with van der Waals surface area (Å²) in [6.45, 7) is 1.47. The molecule has 0 aliphatic heterocycles. The summed E-state index contributed by atoms with van der Waals surface area (Å²) in [4.78, 5) is 22.4. The van der Waals surface area contributed by atoms with Crippen molar-refractivity contribution in [1.82, 2.24) is 5.32 Å². The summed E-state index contributed by atoms with van der Waals surface area (Å²) in [6, 6.07) is 4.82. The fourth-order valence-corrected chi connectivity index (χ4v) is 1.16. The second kappa shape index (κ2) is 5.16. The topological polar surface area (TPSA) is 75.6 Å². The zero-order valence-corrected chi connectivity index (χ0v) is 9.11. The van der Waals surface area contributed by atoms with Crippen molar-refractivity contribution in [2.45, 2.75) is 6.92 Å². The molecule has 5 nitrogen and oxygen atoms in total. The highest BCUT2D eigenvalue weighted by molar-refractivity contribution is 5.98. The van der Waals surface area contributed by atoms with E-state index in [1.807, 2.05) is 0 Å². The lowest BCUT2D eigenvalue weighted by Gasteiger charge is -2.07. The lowest BCUT2D eigenvalue weighted by molar-refractivity contribution is -0.139. The summed E-state index contributed by atoms with van der Waals surface area (Å²) < 4.78 is 4.37. The molecule has 16 heavy (non-hydrogen) atoms. The van der Waals surface area contributed by atoms with Crippen LogP contribution in [0.3, 0.4) is 0 Å².